The van der Waals surface area contributed by atoms with Gasteiger partial charge in [0.2, 0.25) is 5.88 Å². The van der Waals surface area contributed by atoms with Gasteiger partial charge in [-0.15, -0.1) is 0 Å². The fourth-order valence-corrected chi connectivity index (χ4v) is 0.564. The molecule has 0 unspecified atom stereocenters. The molecule has 9 heavy (non-hydrogen) atoms. The lowest BCUT2D eigenvalue weighted by Gasteiger charge is -1.89. The van der Waals surface area contributed by atoms with Crippen LogP contribution in [0.4, 0.5) is 0 Å². The second-order valence-electron chi connectivity index (χ2n) is 1.69. The monoisotopic (exact) mass is 129 g/mol. The third kappa shape index (κ3) is 1.28. The summed E-state index contributed by atoms with van der Waals surface area (Å²) >= 11 is 0. The fourth-order valence-electron chi connectivity index (χ4n) is 0.564. The summed E-state index contributed by atoms with van der Waals surface area (Å²) in [6, 6.07) is 1.02. The number of hydrogen-bond donors (Lipinski definition) is 2. The molecule has 4 nitrogen and oxygen atoms in total. The van der Waals surface area contributed by atoms with Crippen LogP contribution >= 0.6 is 0 Å². The van der Waals surface area contributed by atoms with Gasteiger partial charge in [0.05, 0.1) is 6.07 Å². The standard InChI is InChI=1S/C5H6N2O2/c1-3-6-4(8)2-5(9)7-3/h2H,1H3,(H2,6,7,8,9)/i3+1,4+1,5+1. The maximum absolute atomic E-state index is 10.5. The van der Waals surface area contributed by atoms with E-state index < -0.39 is 0 Å². The van der Waals surface area contributed by atoms with Gasteiger partial charge in [0.25, 0.3) is 5.56 Å². The average Bonchev–Trinajstić information content (AvgIpc) is 1.59. The summed E-state index contributed by atoms with van der Waals surface area (Å²) in [7, 11) is 0. The number of aromatic hydroxyl groups is 1. The molecule has 0 aliphatic heterocycles. The quantitative estimate of drug-likeness (QED) is 0.509. The number of aromatic nitrogens is 2. The van der Waals surface area contributed by atoms with E-state index in [1.54, 1.807) is 6.92 Å². The predicted octanol–water partition coefficient (Wildman–Crippen LogP) is -0.216. The number of aryl methyl sites for hydroxylation is 1. The lowest BCUT2D eigenvalue weighted by atomic mass is 11.0. The van der Waals surface area contributed by atoms with E-state index in [-0.39, 0.29) is 11.4 Å². The Morgan fingerprint density at radius 1 is 1.78 bits per heavy atom. The summed E-state index contributed by atoms with van der Waals surface area (Å²) < 4.78 is 0. The van der Waals surface area contributed by atoms with Crippen LogP contribution in [0.2, 0.25) is 0 Å². The summed E-state index contributed by atoms with van der Waals surface area (Å²) in [5.41, 5.74) is -0.333. The van der Waals surface area contributed by atoms with Crippen LogP contribution < -0.4 is 5.56 Å². The second kappa shape index (κ2) is 1.89. The first-order chi connectivity index (χ1) is 4.18. The van der Waals surface area contributed by atoms with Crippen molar-refractivity contribution in [1.82, 2.24) is 9.97 Å². The summed E-state index contributed by atoms with van der Waals surface area (Å²) in [5, 5.41) is 8.66. The highest BCUT2D eigenvalue weighted by atomic mass is 16.4. The van der Waals surface area contributed by atoms with E-state index in [0.29, 0.717) is 5.82 Å². The Labute approximate surface area is 51.2 Å². The predicted molar refractivity (Wildman–Crippen MR) is 31.3 cm³/mol. The molecule has 0 aliphatic carbocycles. The first-order valence-corrected chi connectivity index (χ1v) is 2.45. The molecular weight excluding hydrogens is 123 g/mol. The Balaban J connectivity index is 3.33. The van der Waals surface area contributed by atoms with Crippen LogP contribution in [-0.2, 0) is 0 Å². The van der Waals surface area contributed by atoms with Crippen molar-refractivity contribution in [3.8, 4) is 5.88 Å². The number of nitrogens with one attached hydrogen (secondary N) is 1. The van der Waals surface area contributed by atoms with Gasteiger partial charge in [-0.2, -0.15) is 0 Å². The van der Waals surface area contributed by atoms with Gasteiger partial charge in [-0.25, -0.2) is 4.98 Å². The van der Waals surface area contributed by atoms with Crippen LogP contribution in [0.1, 0.15) is 5.82 Å². The van der Waals surface area contributed by atoms with E-state index in [1.165, 1.54) is 0 Å². The van der Waals surface area contributed by atoms with Crippen molar-refractivity contribution >= 4 is 0 Å². The number of nitrogens with zero attached hydrogens (tertiary/aromatic N) is 1. The minimum atomic E-state index is -0.333. The Hall–Kier alpha value is -1.32. The van der Waals surface area contributed by atoms with Crippen LogP contribution in [0, 0.1) is 6.92 Å². The highest BCUT2D eigenvalue weighted by Gasteiger charge is 1.90. The molecule has 4 heteroatoms. The summed E-state index contributed by atoms with van der Waals surface area (Å²) in [5.74, 6) is 0.177. The molecule has 0 aromatic carbocycles. The Bertz CT molecular complexity index is 243. The molecule has 0 atom stereocenters. The molecule has 1 aromatic heterocycles. The molecular formula is C5H6N2O2. The summed E-state index contributed by atoms with van der Waals surface area (Å²) in [4.78, 5) is 16.4. The Kier molecular flexibility index (Phi) is 1.22. The maximum atomic E-state index is 10.5. The fraction of sp³-hybridized carbons (Fsp3) is 0.200. The SMILES string of the molecule is C[13c]1n[13c](O)c[13c](=O)[nH]1. The first kappa shape index (κ1) is 5.81. The Morgan fingerprint density at radius 2 is 2.44 bits per heavy atom. The van der Waals surface area contributed by atoms with Crippen molar-refractivity contribution in [3.05, 3.63) is 22.2 Å². The van der Waals surface area contributed by atoms with Crippen molar-refractivity contribution in [1.29, 1.82) is 0 Å². The molecule has 1 heterocycles. The molecule has 0 spiro atoms. The van der Waals surface area contributed by atoms with Gasteiger partial charge in [0.1, 0.15) is 5.82 Å². The highest BCUT2D eigenvalue weighted by molar-refractivity contribution is 5.05. The summed E-state index contributed by atoms with van der Waals surface area (Å²) in [6.45, 7) is 1.60. The molecule has 0 saturated heterocycles. The molecule has 0 aliphatic rings. The Morgan fingerprint density at radius 3 is 2.89 bits per heavy atom. The zero-order chi connectivity index (χ0) is 6.85. The van der Waals surface area contributed by atoms with Crippen molar-refractivity contribution in [2.75, 3.05) is 0 Å². The van der Waals surface area contributed by atoms with Gasteiger partial charge in [-0.1, -0.05) is 0 Å². The van der Waals surface area contributed by atoms with Crippen LogP contribution in [0.5, 0.6) is 5.88 Å². The molecule has 0 fully saturated rings. The van der Waals surface area contributed by atoms with Crippen molar-refractivity contribution in [3.63, 3.8) is 0 Å². The molecule has 0 bridgehead atoms. The smallest absolute Gasteiger partial charge is 0.254 e. The third-order valence-corrected chi connectivity index (χ3v) is 0.847. The normalized spacial score (nSPS) is 9.44. The van der Waals surface area contributed by atoms with Gasteiger partial charge in [-0.3, -0.25) is 4.79 Å². The average molecular weight is 129 g/mol. The van der Waals surface area contributed by atoms with Crippen LogP contribution in [0.25, 0.3) is 0 Å². The minimum Gasteiger partial charge on any atom is -0.493 e. The lowest BCUT2D eigenvalue weighted by Crippen LogP contribution is -2.06. The number of rotatable bonds is 0. The van der Waals surface area contributed by atoms with Crippen molar-refractivity contribution in [2.24, 2.45) is 0 Å². The number of hydrogen-bond acceptors (Lipinski definition) is 3. The van der Waals surface area contributed by atoms with Crippen LogP contribution in [0.3, 0.4) is 0 Å². The van der Waals surface area contributed by atoms with Gasteiger partial charge >= 0.3 is 0 Å². The molecule has 1 aromatic rings. The lowest BCUT2D eigenvalue weighted by molar-refractivity contribution is 0.449. The van der Waals surface area contributed by atoms with E-state index in [1.807, 2.05) is 0 Å². The van der Waals surface area contributed by atoms with Gasteiger partial charge in [-0.05, 0) is 6.92 Å². The van der Waals surface area contributed by atoms with Gasteiger partial charge in [0.15, 0.2) is 0 Å². The van der Waals surface area contributed by atoms with E-state index >= 15 is 0 Å². The second-order valence-corrected chi connectivity index (χ2v) is 1.69. The van der Waals surface area contributed by atoms with E-state index in [0.717, 1.165) is 6.07 Å². The minimum absolute atomic E-state index is 0.240. The van der Waals surface area contributed by atoms with Gasteiger partial charge < -0.3 is 10.1 Å². The molecule has 48 valence electrons. The number of aromatic amines is 1. The van der Waals surface area contributed by atoms with E-state index in [4.69, 9.17) is 5.11 Å². The zero-order valence-corrected chi connectivity index (χ0v) is 4.88. The van der Waals surface area contributed by atoms with Gasteiger partial charge in [0, 0.05) is 0 Å². The van der Waals surface area contributed by atoms with E-state index in [9.17, 15) is 4.79 Å². The van der Waals surface area contributed by atoms with Crippen molar-refractivity contribution < 1.29 is 5.11 Å². The zero-order valence-electron chi connectivity index (χ0n) is 4.88. The third-order valence-electron chi connectivity index (χ3n) is 0.847. The topological polar surface area (TPSA) is 66.0 Å². The maximum Gasteiger partial charge on any atom is 0.254 e. The van der Waals surface area contributed by atoms with Crippen molar-refractivity contribution in [2.45, 2.75) is 6.92 Å². The van der Waals surface area contributed by atoms with Crippen LogP contribution in [0.15, 0.2) is 10.9 Å². The molecule has 1 rings (SSSR count). The van der Waals surface area contributed by atoms with Crippen LogP contribution in [-0.4, -0.2) is 15.1 Å². The molecule has 0 radical (unpaired) electrons. The number of H-pyrrole nitrogens is 1. The molecule has 2 N–H and O–H groups in total. The highest BCUT2D eigenvalue weighted by Crippen LogP contribution is 1.94. The summed E-state index contributed by atoms with van der Waals surface area (Å²) in [6.07, 6.45) is 0. The molecule has 0 amide bonds. The largest absolute Gasteiger partial charge is 0.493 e. The first-order valence-electron chi connectivity index (χ1n) is 2.45. The molecule has 0 saturated carbocycles. The van der Waals surface area contributed by atoms with E-state index in [2.05, 4.69) is 9.97 Å².